The van der Waals surface area contributed by atoms with Gasteiger partial charge in [-0.3, -0.25) is 4.79 Å². The van der Waals surface area contributed by atoms with Crippen molar-refractivity contribution in [3.8, 4) is 0 Å². The van der Waals surface area contributed by atoms with Gasteiger partial charge in [-0.25, -0.2) is 0 Å². The fraction of sp³-hybridized carbons (Fsp3) is 0.533. The standard InChI is InChI=1S/C15H22BrNO2/c1-11(2)14(15(18)19)10-17(3)9-8-12-4-6-13(16)7-5-12/h4-7,11,14H,8-10H2,1-3H3,(H,18,19). The number of benzene rings is 1. The van der Waals surface area contributed by atoms with Crippen molar-refractivity contribution in [2.45, 2.75) is 20.3 Å². The lowest BCUT2D eigenvalue weighted by Gasteiger charge is -2.23. The van der Waals surface area contributed by atoms with E-state index < -0.39 is 5.97 Å². The van der Waals surface area contributed by atoms with Crippen LogP contribution in [0.4, 0.5) is 0 Å². The van der Waals surface area contributed by atoms with E-state index >= 15 is 0 Å². The third kappa shape index (κ3) is 5.74. The normalized spacial score (nSPS) is 12.9. The quantitative estimate of drug-likeness (QED) is 0.835. The molecule has 0 fully saturated rings. The second-order valence-electron chi connectivity index (χ2n) is 5.33. The molecule has 0 aromatic heterocycles. The van der Waals surface area contributed by atoms with Crippen molar-refractivity contribution < 1.29 is 9.90 Å². The van der Waals surface area contributed by atoms with E-state index in [0.29, 0.717) is 6.54 Å². The molecule has 19 heavy (non-hydrogen) atoms. The van der Waals surface area contributed by atoms with E-state index in [0.717, 1.165) is 17.4 Å². The van der Waals surface area contributed by atoms with Gasteiger partial charge in [-0.1, -0.05) is 41.9 Å². The first kappa shape index (κ1) is 16.2. The fourth-order valence-electron chi connectivity index (χ4n) is 1.97. The predicted octanol–water partition coefficient (Wildman–Crippen LogP) is 3.28. The van der Waals surface area contributed by atoms with Gasteiger partial charge in [0.05, 0.1) is 5.92 Å². The van der Waals surface area contributed by atoms with Gasteiger partial charge in [0, 0.05) is 17.6 Å². The molecule has 0 aliphatic heterocycles. The molecule has 0 spiro atoms. The summed E-state index contributed by atoms with van der Waals surface area (Å²) in [5.74, 6) is -0.840. The topological polar surface area (TPSA) is 40.5 Å². The summed E-state index contributed by atoms with van der Waals surface area (Å²) in [6.45, 7) is 5.39. The number of hydrogen-bond acceptors (Lipinski definition) is 2. The molecule has 0 bridgehead atoms. The van der Waals surface area contributed by atoms with Crippen LogP contribution in [0.2, 0.25) is 0 Å². The molecule has 1 N–H and O–H groups in total. The van der Waals surface area contributed by atoms with Crippen LogP contribution in [0.5, 0.6) is 0 Å². The second-order valence-corrected chi connectivity index (χ2v) is 6.24. The maximum absolute atomic E-state index is 11.2. The van der Waals surface area contributed by atoms with Crippen molar-refractivity contribution in [1.82, 2.24) is 4.90 Å². The van der Waals surface area contributed by atoms with Crippen molar-refractivity contribution in [2.24, 2.45) is 11.8 Å². The third-order valence-electron chi connectivity index (χ3n) is 3.33. The molecule has 0 aliphatic carbocycles. The number of carboxylic acid groups (broad SMARTS) is 1. The van der Waals surface area contributed by atoms with Crippen molar-refractivity contribution in [3.05, 3.63) is 34.3 Å². The average Bonchev–Trinajstić information content (AvgIpc) is 2.34. The Morgan fingerprint density at radius 1 is 1.32 bits per heavy atom. The van der Waals surface area contributed by atoms with Gasteiger partial charge in [0.2, 0.25) is 0 Å². The number of carboxylic acids is 1. The molecule has 1 aromatic carbocycles. The molecule has 0 radical (unpaired) electrons. The summed E-state index contributed by atoms with van der Waals surface area (Å²) in [6, 6.07) is 8.25. The molecular weight excluding hydrogens is 306 g/mol. The van der Waals surface area contributed by atoms with E-state index in [4.69, 9.17) is 0 Å². The Hall–Kier alpha value is -0.870. The highest BCUT2D eigenvalue weighted by Gasteiger charge is 2.22. The van der Waals surface area contributed by atoms with Gasteiger partial charge < -0.3 is 10.0 Å². The monoisotopic (exact) mass is 327 g/mol. The highest BCUT2D eigenvalue weighted by atomic mass is 79.9. The lowest BCUT2D eigenvalue weighted by atomic mass is 9.95. The first-order valence-electron chi connectivity index (χ1n) is 6.56. The first-order chi connectivity index (χ1) is 8.90. The predicted molar refractivity (Wildman–Crippen MR) is 81.3 cm³/mol. The number of rotatable bonds is 7. The maximum atomic E-state index is 11.2. The molecular formula is C15H22BrNO2. The molecule has 1 aromatic rings. The van der Waals surface area contributed by atoms with Gasteiger partial charge in [0.25, 0.3) is 0 Å². The molecule has 0 saturated carbocycles. The van der Waals surface area contributed by atoms with Crippen molar-refractivity contribution in [2.75, 3.05) is 20.1 Å². The Kier molecular flexibility index (Phi) is 6.52. The summed E-state index contributed by atoms with van der Waals surface area (Å²) in [7, 11) is 1.98. The number of nitrogens with zero attached hydrogens (tertiary/aromatic N) is 1. The SMILES string of the molecule is CC(C)C(CN(C)CCc1ccc(Br)cc1)C(=O)O. The zero-order chi connectivity index (χ0) is 14.4. The Labute approximate surface area is 123 Å². The smallest absolute Gasteiger partial charge is 0.308 e. The average molecular weight is 328 g/mol. The lowest BCUT2D eigenvalue weighted by molar-refractivity contribution is -0.143. The van der Waals surface area contributed by atoms with Gasteiger partial charge in [0.1, 0.15) is 0 Å². The van der Waals surface area contributed by atoms with Gasteiger partial charge in [-0.15, -0.1) is 0 Å². The maximum Gasteiger partial charge on any atom is 0.308 e. The van der Waals surface area contributed by atoms with E-state index in [-0.39, 0.29) is 11.8 Å². The third-order valence-corrected chi connectivity index (χ3v) is 3.85. The van der Waals surface area contributed by atoms with Gasteiger partial charge in [-0.2, -0.15) is 0 Å². The number of aliphatic carboxylic acids is 1. The minimum Gasteiger partial charge on any atom is -0.481 e. The molecule has 0 amide bonds. The van der Waals surface area contributed by atoms with Crippen LogP contribution in [0.25, 0.3) is 0 Å². The molecule has 106 valence electrons. The minimum absolute atomic E-state index is 0.160. The number of likely N-dealkylation sites (N-methyl/N-ethyl adjacent to an activating group) is 1. The van der Waals surface area contributed by atoms with Crippen molar-refractivity contribution >= 4 is 21.9 Å². The van der Waals surface area contributed by atoms with Crippen LogP contribution in [-0.4, -0.2) is 36.1 Å². The lowest BCUT2D eigenvalue weighted by Crippen LogP contribution is -2.34. The van der Waals surface area contributed by atoms with Gasteiger partial charge in [0.15, 0.2) is 0 Å². The molecule has 1 unspecified atom stereocenters. The van der Waals surface area contributed by atoms with E-state index in [1.807, 2.05) is 33.0 Å². The number of halogens is 1. The first-order valence-corrected chi connectivity index (χ1v) is 7.35. The highest BCUT2D eigenvalue weighted by molar-refractivity contribution is 9.10. The second kappa shape index (κ2) is 7.65. The van der Waals surface area contributed by atoms with Crippen LogP contribution in [0.1, 0.15) is 19.4 Å². The summed E-state index contributed by atoms with van der Waals surface area (Å²) in [5, 5.41) is 9.18. The Balaban J connectivity index is 2.44. The van der Waals surface area contributed by atoms with Crippen LogP contribution in [0, 0.1) is 11.8 Å². The Bertz CT molecular complexity index is 403. The number of carbonyl (C=O) groups is 1. The van der Waals surface area contributed by atoms with Crippen LogP contribution in [-0.2, 0) is 11.2 Å². The van der Waals surface area contributed by atoms with Gasteiger partial charge in [-0.05, 0) is 37.1 Å². The van der Waals surface area contributed by atoms with Crippen molar-refractivity contribution in [3.63, 3.8) is 0 Å². The molecule has 0 saturated heterocycles. The van der Waals surface area contributed by atoms with Gasteiger partial charge >= 0.3 is 5.97 Å². The van der Waals surface area contributed by atoms with Crippen LogP contribution in [0.3, 0.4) is 0 Å². The van der Waals surface area contributed by atoms with Crippen molar-refractivity contribution in [1.29, 1.82) is 0 Å². The van der Waals surface area contributed by atoms with E-state index in [2.05, 4.69) is 33.0 Å². The highest BCUT2D eigenvalue weighted by Crippen LogP contribution is 2.14. The molecule has 1 atom stereocenters. The Morgan fingerprint density at radius 2 is 1.89 bits per heavy atom. The molecule has 3 nitrogen and oxygen atoms in total. The Morgan fingerprint density at radius 3 is 2.37 bits per heavy atom. The number of hydrogen-bond donors (Lipinski definition) is 1. The summed E-state index contributed by atoms with van der Waals surface area (Å²) in [5.41, 5.74) is 1.27. The van der Waals surface area contributed by atoms with E-state index in [1.54, 1.807) is 0 Å². The summed E-state index contributed by atoms with van der Waals surface area (Å²) < 4.78 is 1.08. The largest absolute Gasteiger partial charge is 0.481 e. The zero-order valence-electron chi connectivity index (χ0n) is 11.8. The molecule has 4 heteroatoms. The molecule has 0 aliphatic rings. The van der Waals surface area contributed by atoms with Crippen LogP contribution < -0.4 is 0 Å². The zero-order valence-corrected chi connectivity index (χ0v) is 13.4. The van der Waals surface area contributed by atoms with Crippen LogP contribution in [0.15, 0.2) is 28.7 Å². The van der Waals surface area contributed by atoms with E-state index in [9.17, 15) is 9.90 Å². The summed E-state index contributed by atoms with van der Waals surface area (Å²) >= 11 is 3.41. The summed E-state index contributed by atoms with van der Waals surface area (Å²) in [6.07, 6.45) is 0.939. The fourth-order valence-corrected chi connectivity index (χ4v) is 2.24. The summed E-state index contributed by atoms with van der Waals surface area (Å²) in [4.78, 5) is 13.3. The molecule has 0 heterocycles. The van der Waals surface area contributed by atoms with Crippen LogP contribution >= 0.6 is 15.9 Å². The minimum atomic E-state index is -0.703. The van der Waals surface area contributed by atoms with E-state index in [1.165, 1.54) is 5.56 Å². The molecule has 1 rings (SSSR count).